The van der Waals surface area contributed by atoms with Gasteiger partial charge < -0.3 is 15.0 Å². The van der Waals surface area contributed by atoms with E-state index in [1.54, 1.807) is 6.20 Å². The number of aromatic nitrogens is 3. The molecule has 1 atom stereocenters. The average Bonchev–Trinajstić information content (AvgIpc) is 3.14. The van der Waals surface area contributed by atoms with E-state index in [0.717, 1.165) is 30.0 Å². The quantitative estimate of drug-likeness (QED) is 0.869. The number of ether oxygens (including phenoxy) is 1. The minimum atomic E-state index is -0.171. The highest BCUT2D eigenvalue weighted by molar-refractivity contribution is 5.76. The highest BCUT2D eigenvalue weighted by atomic mass is 16.5. The van der Waals surface area contributed by atoms with Crippen molar-refractivity contribution in [3.05, 3.63) is 42.0 Å². The van der Waals surface area contributed by atoms with Gasteiger partial charge in [-0.15, -0.1) is 0 Å². The molecule has 0 bridgehead atoms. The van der Waals surface area contributed by atoms with E-state index in [1.807, 2.05) is 47.9 Å². The zero-order valence-electron chi connectivity index (χ0n) is 14.8. The van der Waals surface area contributed by atoms with E-state index in [9.17, 15) is 4.79 Å². The van der Waals surface area contributed by atoms with Crippen LogP contribution in [-0.4, -0.2) is 52.3 Å². The number of carbonyl (C=O) groups excluding carboxylic acids is 1. The molecule has 1 amide bonds. The van der Waals surface area contributed by atoms with Crippen LogP contribution in [0.15, 0.2) is 30.6 Å². The van der Waals surface area contributed by atoms with E-state index in [1.165, 1.54) is 0 Å². The SMILES string of the molecule is CNc1cc(C)nc([C@H]2CN(C(=O)CCCn3cccn3)CCO2)c1. The molecule has 7 heteroatoms. The average molecular weight is 343 g/mol. The smallest absolute Gasteiger partial charge is 0.222 e. The summed E-state index contributed by atoms with van der Waals surface area (Å²) < 4.78 is 7.72. The Labute approximate surface area is 148 Å². The van der Waals surface area contributed by atoms with Gasteiger partial charge in [0.1, 0.15) is 6.10 Å². The molecule has 1 saturated heterocycles. The lowest BCUT2D eigenvalue weighted by Crippen LogP contribution is -2.42. The Hall–Kier alpha value is -2.41. The summed E-state index contributed by atoms with van der Waals surface area (Å²) in [5, 5.41) is 7.30. The lowest BCUT2D eigenvalue weighted by atomic mass is 10.1. The fourth-order valence-electron chi connectivity index (χ4n) is 3.04. The second-order valence-corrected chi connectivity index (χ2v) is 6.24. The summed E-state index contributed by atoms with van der Waals surface area (Å²) in [7, 11) is 1.88. The molecule has 1 aliphatic rings. The molecule has 2 aromatic heterocycles. The third-order valence-electron chi connectivity index (χ3n) is 4.35. The van der Waals surface area contributed by atoms with E-state index < -0.39 is 0 Å². The molecule has 0 aromatic carbocycles. The third-order valence-corrected chi connectivity index (χ3v) is 4.35. The Balaban J connectivity index is 1.57. The molecule has 3 rings (SSSR count). The first kappa shape index (κ1) is 17.4. The first-order chi connectivity index (χ1) is 12.2. The Kier molecular flexibility index (Phi) is 5.65. The number of rotatable bonds is 6. The summed E-state index contributed by atoms with van der Waals surface area (Å²) in [6.07, 6.45) is 4.81. The number of nitrogens with one attached hydrogen (secondary N) is 1. The van der Waals surface area contributed by atoms with Gasteiger partial charge in [-0.1, -0.05) is 0 Å². The van der Waals surface area contributed by atoms with Crippen molar-refractivity contribution in [1.29, 1.82) is 0 Å². The molecular formula is C18H25N5O2. The molecule has 0 spiro atoms. The fourth-order valence-corrected chi connectivity index (χ4v) is 3.04. The Morgan fingerprint density at radius 2 is 2.32 bits per heavy atom. The zero-order chi connectivity index (χ0) is 17.6. The fraction of sp³-hybridized carbons (Fsp3) is 0.500. The monoisotopic (exact) mass is 343 g/mol. The van der Waals surface area contributed by atoms with Crippen molar-refractivity contribution in [2.45, 2.75) is 32.4 Å². The van der Waals surface area contributed by atoms with Crippen molar-refractivity contribution in [2.75, 3.05) is 32.1 Å². The summed E-state index contributed by atoms with van der Waals surface area (Å²) >= 11 is 0. The van der Waals surface area contributed by atoms with Gasteiger partial charge in [-0.05, 0) is 31.5 Å². The van der Waals surface area contributed by atoms with Crippen LogP contribution in [0, 0.1) is 6.92 Å². The molecule has 1 aliphatic heterocycles. The zero-order valence-corrected chi connectivity index (χ0v) is 14.8. The molecule has 1 fully saturated rings. The Morgan fingerprint density at radius 1 is 1.44 bits per heavy atom. The summed E-state index contributed by atoms with van der Waals surface area (Å²) in [5.41, 5.74) is 2.82. The van der Waals surface area contributed by atoms with E-state index in [2.05, 4.69) is 15.4 Å². The van der Waals surface area contributed by atoms with Crippen LogP contribution in [0.25, 0.3) is 0 Å². The van der Waals surface area contributed by atoms with Gasteiger partial charge >= 0.3 is 0 Å². The van der Waals surface area contributed by atoms with Gasteiger partial charge in [-0.2, -0.15) is 5.10 Å². The predicted octanol–water partition coefficient (Wildman–Crippen LogP) is 2.01. The maximum absolute atomic E-state index is 12.5. The largest absolute Gasteiger partial charge is 0.388 e. The van der Waals surface area contributed by atoms with Gasteiger partial charge in [-0.25, -0.2) is 0 Å². The van der Waals surface area contributed by atoms with Gasteiger partial charge in [0, 0.05) is 50.3 Å². The van der Waals surface area contributed by atoms with Crippen molar-refractivity contribution in [3.63, 3.8) is 0 Å². The van der Waals surface area contributed by atoms with Crippen LogP contribution in [0.1, 0.15) is 30.3 Å². The van der Waals surface area contributed by atoms with Crippen molar-refractivity contribution in [1.82, 2.24) is 19.7 Å². The minimum Gasteiger partial charge on any atom is -0.388 e. The summed E-state index contributed by atoms with van der Waals surface area (Å²) in [4.78, 5) is 19.0. The summed E-state index contributed by atoms with van der Waals surface area (Å²) in [6.45, 7) is 4.46. The lowest BCUT2D eigenvalue weighted by Gasteiger charge is -2.33. The molecule has 0 saturated carbocycles. The normalized spacial score (nSPS) is 17.5. The van der Waals surface area contributed by atoms with Crippen molar-refractivity contribution in [3.8, 4) is 0 Å². The van der Waals surface area contributed by atoms with Crippen LogP contribution in [0.5, 0.6) is 0 Å². The second-order valence-electron chi connectivity index (χ2n) is 6.24. The molecule has 25 heavy (non-hydrogen) atoms. The number of amides is 1. The molecule has 134 valence electrons. The molecule has 0 unspecified atom stereocenters. The first-order valence-electron chi connectivity index (χ1n) is 8.69. The van der Waals surface area contributed by atoms with Crippen molar-refractivity contribution < 1.29 is 9.53 Å². The molecule has 3 heterocycles. The highest BCUT2D eigenvalue weighted by Gasteiger charge is 2.26. The summed E-state index contributed by atoms with van der Waals surface area (Å²) in [6, 6.07) is 5.87. The molecular weight excluding hydrogens is 318 g/mol. The van der Waals surface area contributed by atoms with Crippen LogP contribution in [0.2, 0.25) is 0 Å². The minimum absolute atomic E-state index is 0.168. The van der Waals surface area contributed by atoms with Crippen LogP contribution in [0.3, 0.4) is 0 Å². The van der Waals surface area contributed by atoms with Gasteiger partial charge in [-0.3, -0.25) is 14.5 Å². The number of carbonyl (C=O) groups is 1. The summed E-state index contributed by atoms with van der Waals surface area (Å²) in [5.74, 6) is 0.168. The van der Waals surface area contributed by atoms with Crippen molar-refractivity contribution in [2.24, 2.45) is 0 Å². The second kappa shape index (κ2) is 8.11. The van der Waals surface area contributed by atoms with Crippen molar-refractivity contribution >= 4 is 11.6 Å². The van der Waals surface area contributed by atoms with Crippen LogP contribution < -0.4 is 5.32 Å². The number of morpholine rings is 1. The maximum Gasteiger partial charge on any atom is 0.222 e. The van der Waals surface area contributed by atoms with Gasteiger partial charge in [0.15, 0.2) is 0 Å². The lowest BCUT2D eigenvalue weighted by molar-refractivity contribution is -0.139. The third kappa shape index (κ3) is 4.57. The molecule has 7 nitrogen and oxygen atoms in total. The molecule has 2 aromatic rings. The molecule has 1 N–H and O–H groups in total. The molecule has 0 radical (unpaired) electrons. The Morgan fingerprint density at radius 3 is 3.08 bits per heavy atom. The van der Waals surface area contributed by atoms with E-state index in [4.69, 9.17) is 4.74 Å². The number of nitrogens with zero attached hydrogens (tertiary/aromatic N) is 4. The number of anilines is 1. The van der Waals surface area contributed by atoms with Gasteiger partial charge in [0.2, 0.25) is 5.91 Å². The van der Waals surface area contributed by atoms with Crippen LogP contribution in [0.4, 0.5) is 5.69 Å². The van der Waals surface area contributed by atoms with E-state index >= 15 is 0 Å². The highest BCUT2D eigenvalue weighted by Crippen LogP contribution is 2.24. The topological polar surface area (TPSA) is 72.3 Å². The number of hydrogen-bond donors (Lipinski definition) is 1. The standard InChI is InChI=1S/C18H25N5O2/c1-14-11-15(19-2)12-16(21-14)17-13-22(9-10-25-17)18(24)5-3-7-23-8-4-6-20-23/h4,6,8,11-12,17H,3,5,7,9-10,13H2,1-2H3,(H,19,21)/t17-/m1/s1. The van der Waals surface area contributed by atoms with Crippen LogP contribution in [-0.2, 0) is 16.1 Å². The van der Waals surface area contributed by atoms with Crippen LogP contribution >= 0.6 is 0 Å². The Bertz CT molecular complexity index is 701. The van der Waals surface area contributed by atoms with Gasteiger partial charge in [0.25, 0.3) is 0 Å². The number of pyridine rings is 1. The number of aryl methyl sites for hydroxylation is 2. The maximum atomic E-state index is 12.5. The van der Waals surface area contributed by atoms with E-state index in [0.29, 0.717) is 26.1 Å². The first-order valence-corrected chi connectivity index (χ1v) is 8.69. The molecule has 0 aliphatic carbocycles. The van der Waals surface area contributed by atoms with Gasteiger partial charge in [0.05, 0.1) is 18.8 Å². The number of hydrogen-bond acceptors (Lipinski definition) is 5. The van der Waals surface area contributed by atoms with E-state index in [-0.39, 0.29) is 12.0 Å². The predicted molar refractivity (Wildman–Crippen MR) is 95.3 cm³/mol.